The SMILES string of the molecule is CC(C)CCN1C(=O)[C@H]2[C@@H](C(=O)Nc3ccc(F)cc3)[C@@]3(C)C=C[C@@]2(O3)[C@@H]1C(=O)NC1CCCCC1. The predicted octanol–water partition coefficient (Wildman–Crippen LogP) is 3.80. The molecule has 1 saturated carbocycles. The first kappa shape index (κ1) is 24.9. The summed E-state index contributed by atoms with van der Waals surface area (Å²) in [7, 11) is 0. The molecule has 2 bridgehead atoms. The van der Waals surface area contributed by atoms with E-state index in [1.165, 1.54) is 30.7 Å². The molecule has 3 amide bonds. The molecule has 1 aromatic carbocycles. The van der Waals surface area contributed by atoms with Crippen LogP contribution >= 0.6 is 0 Å². The summed E-state index contributed by atoms with van der Waals surface area (Å²) in [4.78, 5) is 42.9. The summed E-state index contributed by atoms with van der Waals surface area (Å²) in [5, 5.41) is 6.04. The lowest BCUT2D eigenvalue weighted by molar-refractivity contribution is -0.144. The molecule has 0 aromatic heterocycles. The number of ether oxygens (including phenoxy) is 1. The van der Waals surface area contributed by atoms with E-state index in [0.29, 0.717) is 18.2 Å². The summed E-state index contributed by atoms with van der Waals surface area (Å²) in [5.74, 6) is -2.45. The first-order chi connectivity index (χ1) is 17.1. The van der Waals surface area contributed by atoms with E-state index in [1.807, 2.05) is 12.2 Å². The third-order valence-electron chi connectivity index (χ3n) is 8.34. The lowest BCUT2D eigenvalue weighted by Gasteiger charge is -2.35. The van der Waals surface area contributed by atoms with Crippen LogP contribution in [0, 0.1) is 23.6 Å². The molecule has 3 fully saturated rings. The van der Waals surface area contributed by atoms with Gasteiger partial charge in [-0.3, -0.25) is 14.4 Å². The van der Waals surface area contributed by atoms with Gasteiger partial charge < -0.3 is 20.3 Å². The van der Waals surface area contributed by atoms with Gasteiger partial charge in [0.15, 0.2) is 0 Å². The predicted molar refractivity (Wildman–Crippen MR) is 133 cm³/mol. The van der Waals surface area contributed by atoms with E-state index in [2.05, 4.69) is 24.5 Å². The number of benzene rings is 1. The highest BCUT2D eigenvalue weighted by molar-refractivity contribution is 6.03. The van der Waals surface area contributed by atoms with Crippen LogP contribution in [0.1, 0.15) is 59.3 Å². The van der Waals surface area contributed by atoms with Gasteiger partial charge in [-0.15, -0.1) is 0 Å². The average molecular weight is 498 g/mol. The Balaban J connectivity index is 1.46. The standard InChI is InChI=1S/C28H36FN3O4/c1-17(2)13-16-32-23(25(34)31-19-7-5-4-6-8-19)28-15-14-27(3,36-28)21(22(28)26(32)35)24(33)30-20-11-9-18(29)10-12-20/h9-12,14-15,17,19,21-23H,4-8,13,16H2,1-3H3,(H,30,33)(H,31,34)/t21-,22+,23-,27+,28-/m0/s1. The minimum atomic E-state index is -1.19. The molecule has 1 aliphatic carbocycles. The second kappa shape index (κ2) is 9.29. The fourth-order valence-corrected chi connectivity index (χ4v) is 6.55. The van der Waals surface area contributed by atoms with E-state index in [9.17, 15) is 18.8 Å². The fourth-order valence-electron chi connectivity index (χ4n) is 6.55. The van der Waals surface area contributed by atoms with Crippen molar-refractivity contribution in [2.45, 2.75) is 82.6 Å². The molecule has 5 rings (SSSR count). The van der Waals surface area contributed by atoms with Crippen molar-refractivity contribution in [1.82, 2.24) is 10.2 Å². The molecule has 5 atom stereocenters. The van der Waals surface area contributed by atoms with E-state index in [4.69, 9.17) is 4.74 Å². The Morgan fingerprint density at radius 3 is 2.47 bits per heavy atom. The highest BCUT2D eigenvalue weighted by Crippen LogP contribution is 2.59. The summed E-state index contributed by atoms with van der Waals surface area (Å²) in [5.41, 5.74) is -1.76. The third kappa shape index (κ3) is 4.13. The zero-order chi connectivity index (χ0) is 25.7. The number of amides is 3. The maximum absolute atomic E-state index is 13.9. The normalized spacial score (nSPS) is 33.3. The molecule has 1 aromatic rings. The number of hydrogen-bond donors (Lipinski definition) is 2. The maximum atomic E-state index is 13.9. The minimum Gasteiger partial charge on any atom is -0.356 e. The van der Waals surface area contributed by atoms with Crippen LogP contribution in [0.4, 0.5) is 10.1 Å². The van der Waals surface area contributed by atoms with E-state index < -0.39 is 34.9 Å². The van der Waals surface area contributed by atoms with Gasteiger partial charge in [0.25, 0.3) is 0 Å². The zero-order valence-corrected chi connectivity index (χ0v) is 21.3. The number of halogens is 1. The third-order valence-corrected chi connectivity index (χ3v) is 8.34. The smallest absolute Gasteiger partial charge is 0.246 e. The fraction of sp³-hybridized carbons (Fsp3) is 0.607. The quantitative estimate of drug-likeness (QED) is 0.561. The lowest BCUT2D eigenvalue weighted by Crippen LogP contribution is -2.56. The van der Waals surface area contributed by atoms with Crippen molar-refractivity contribution in [3.8, 4) is 0 Å². The molecule has 4 aliphatic rings. The highest BCUT2D eigenvalue weighted by Gasteiger charge is 2.76. The van der Waals surface area contributed by atoms with E-state index in [-0.39, 0.29) is 23.8 Å². The van der Waals surface area contributed by atoms with E-state index in [1.54, 1.807) is 11.8 Å². The zero-order valence-electron chi connectivity index (χ0n) is 21.3. The van der Waals surface area contributed by atoms with Gasteiger partial charge in [-0.1, -0.05) is 45.3 Å². The number of carbonyl (C=O) groups excluding carboxylic acids is 3. The number of carbonyl (C=O) groups is 3. The van der Waals surface area contributed by atoms with Crippen molar-refractivity contribution in [2.24, 2.45) is 17.8 Å². The molecule has 2 N–H and O–H groups in total. The van der Waals surface area contributed by atoms with Crippen LogP contribution in [0.2, 0.25) is 0 Å². The van der Waals surface area contributed by atoms with Crippen LogP contribution in [0.25, 0.3) is 0 Å². The molecule has 0 radical (unpaired) electrons. The van der Waals surface area contributed by atoms with Gasteiger partial charge in [0.05, 0.1) is 17.4 Å². The lowest BCUT2D eigenvalue weighted by atomic mass is 9.70. The van der Waals surface area contributed by atoms with Crippen LogP contribution in [-0.2, 0) is 19.1 Å². The number of nitrogens with one attached hydrogen (secondary N) is 2. The average Bonchev–Trinajstić information content (AvgIpc) is 3.40. The Morgan fingerprint density at radius 1 is 1.11 bits per heavy atom. The molecule has 1 spiro atoms. The van der Waals surface area contributed by atoms with Gasteiger partial charge >= 0.3 is 0 Å². The van der Waals surface area contributed by atoms with Crippen molar-refractivity contribution in [3.63, 3.8) is 0 Å². The van der Waals surface area contributed by atoms with Crippen molar-refractivity contribution >= 4 is 23.4 Å². The van der Waals surface area contributed by atoms with Gasteiger partial charge in [0.2, 0.25) is 17.7 Å². The summed E-state index contributed by atoms with van der Waals surface area (Å²) >= 11 is 0. The van der Waals surface area contributed by atoms with Crippen LogP contribution in [-0.4, -0.2) is 52.5 Å². The van der Waals surface area contributed by atoms with Crippen LogP contribution in [0.15, 0.2) is 36.4 Å². The topological polar surface area (TPSA) is 87.7 Å². The maximum Gasteiger partial charge on any atom is 0.246 e. The van der Waals surface area contributed by atoms with Crippen LogP contribution < -0.4 is 10.6 Å². The molecule has 0 unspecified atom stereocenters. The van der Waals surface area contributed by atoms with Gasteiger partial charge in [-0.2, -0.15) is 0 Å². The summed E-state index contributed by atoms with van der Waals surface area (Å²) in [6.45, 7) is 6.39. The monoisotopic (exact) mass is 497 g/mol. The largest absolute Gasteiger partial charge is 0.356 e. The van der Waals surface area contributed by atoms with Crippen LogP contribution in [0.3, 0.4) is 0 Å². The molecular formula is C28H36FN3O4. The summed E-state index contributed by atoms with van der Waals surface area (Å²) in [6, 6.07) is 4.80. The molecule has 7 nitrogen and oxygen atoms in total. The number of likely N-dealkylation sites (tertiary alicyclic amines) is 1. The Labute approximate surface area is 211 Å². The number of anilines is 1. The number of hydrogen-bond acceptors (Lipinski definition) is 4. The summed E-state index contributed by atoms with van der Waals surface area (Å²) in [6.07, 6.45) is 9.64. The molecular weight excluding hydrogens is 461 g/mol. The Bertz CT molecular complexity index is 1070. The summed E-state index contributed by atoms with van der Waals surface area (Å²) < 4.78 is 19.9. The number of fused-ring (bicyclic) bond motifs is 1. The second-order valence-corrected chi connectivity index (χ2v) is 11.4. The van der Waals surface area contributed by atoms with Gasteiger partial charge in [0.1, 0.15) is 17.5 Å². The minimum absolute atomic E-state index is 0.0968. The van der Waals surface area contributed by atoms with Crippen molar-refractivity contribution in [3.05, 3.63) is 42.2 Å². The number of nitrogens with zero attached hydrogens (tertiary/aromatic N) is 1. The first-order valence-corrected chi connectivity index (χ1v) is 13.2. The van der Waals surface area contributed by atoms with Crippen molar-refractivity contribution < 1.29 is 23.5 Å². The molecule has 3 aliphatic heterocycles. The molecule has 2 saturated heterocycles. The van der Waals surface area contributed by atoms with Crippen LogP contribution in [0.5, 0.6) is 0 Å². The Kier molecular flexibility index (Phi) is 6.43. The van der Waals surface area contributed by atoms with Crippen molar-refractivity contribution in [2.75, 3.05) is 11.9 Å². The Hall–Kier alpha value is -2.74. The Morgan fingerprint density at radius 2 is 1.81 bits per heavy atom. The van der Waals surface area contributed by atoms with Crippen molar-refractivity contribution in [1.29, 1.82) is 0 Å². The van der Waals surface area contributed by atoms with Gasteiger partial charge in [-0.25, -0.2) is 4.39 Å². The highest BCUT2D eigenvalue weighted by atomic mass is 19.1. The molecule has 36 heavy (non-hydrogen) atoms. The van der Waals surface area contributed by atoms with Gasteiger partial charge in [-0.05, 0) is 56.4 Å². The molecule has 3 heterocycles. The van der Waals surface area contributed by atoms with E-state index in [0.717, 1.165) is 32.1 Å². The number of rotatable bonds is 7. The van der Waals surface area contributed by atoms with Gasteiger partial charge in [0, 0.05) is 18.3 Å². The first-order valence-electron chi connectivity index (χ1n) is 13.2. The second-order valence-electron chi connectivity index (χ2n) is 11.4. The molecule has 8 heteroatoms. The molecule has 194 valence electrons. The van der Waals surface area contributed by atoms with E-state index >= 15 is 0 Å².